The van der Waals surface area contributed by atoms with Gasteiger partial charge >= 0.3 is 5.97 Å². The van der Waals surface area contributed by atoms with E-state index in [9.17, 15) is 14.4 Å². The second-order valence-corrected chi connectivity index (χ2v) is 8.93. The number of ketones is 1. The molecular weight excluding hydrogens is 462 g/mol. The molecule has 8 heteroatoms. The fraction of sp³-hybridized carbons (Fsp3) is 0.464. The van der Waals surface area contributed by atoms with E-state index in [0.717, 1.165) is 24.8 Å². The number of methoxy groups -OCH3 is 2. The Kier molecular flexibility index (Phi) is 10.2. The largest absolute Gasteiger partial charge is 0.497 e. The van der Waals surface area contributed by atoms with Crippen molar-refractivity contribution in [2.45, 2.75) is 64.4 Å². The van der Waals surface area contributed by atoms with Crippen molar-refractivity contribution in [2.75, 3.05) is 26.1 Å². The highest BCUT2D eigenvalue weighted by atomic mass is 16.5. The van der Waals surface area contributed by atoms with Crippen molar-refractivity contribution in [2.24, 2.45) is 0 Å². The number of nitrogens with one attached hydrogen (secondary N) is 1. The summed E-state index contributed by atoms with van der Waals surface area (Å²) in [5, 5.41) is 2.77. The van der Waals surface area contributed by atoms with Crippen LogP contribution < -0.4 is 19.5 Å². The van der Waals surface area contributed by atoms with Gasteiger partial charge in [-0.1, -0.05) is 6.42 Å². The van der Waals surface area contributed by atoms with Crippen molar-refractivity contribution in [1.29, 1.82) is 0 Å². The molecule has 0 saturated heterocycles. The van der Waals surface area contributed by atoms with E-state index >= 15 is 0 Å². The Morgan fingerprint density at radius 2 is 1.64 bits per heavy atom. The van der Waals surface area contributed by atoms with Crippen LogP contribution in [0.2, 0.25) is 0 Å². The van der Waals surface area contributed by atoms with Gasteiger partial charge in [0.05, 0.1) is 20.3 Å². The number of hydrogen-bond donors (Lipinski definition) is 1. The Morgan fingerprint density at radius 1 is 0.944 bits per heavy atom. The molecule has 3 rings (SSSR count). The fourth-order valence-electron chi connectivity index (χ4n) is 4.15. The SMILES string of the molecule is COc1ccc(NC(=O)COc2cc(OC)cc3c2C(=O)OC(C)CCCC(=O)CCCCC3)cc1. The van der Waals surface area contributed by atoms with Gasteiger partial charge in [-0.05, 0) is 74.9 Å². The van der Waals surface area contributed by atoms with Crippen LogP contribution in [0.25, 0.3) is 0 Å². The third kappa shape index (κ3) is 8.00. The molecule has 0 aromatic heterocycles. The summed E-state index contributed by atoms with van der Waals surface area (Å²) in [5.74, 6) is 0.836. The summed E-state index contributed by atoms with van der Waals surface area (Å²) < 4.78 is 22.1. The van der Waals surface area contributed by atoms with E-state index < -0.39 is 5.97 Å². The Balaban J connectivity index is 1.80. The number of rotatable bonds is 6. The van der Waals surface area contributed by atoms with Gasteiger partial charge in [0, 0.05) is 24.6 Å². The molecular formula is C28H35NO7. The number of Topliss-reactive ketones (excluding diaryl/α,β-unsaturated/α-hetero) is 1. The van der Waals surface area contributed by atoms with Crippen LogP contribution in [0.1, 0.15) is 67.8 Å². The molecule has 0 fully saturated rings. The third-order valence-electron chi connectivity index (χ3n) is 6.11. The smallest absolute Gasteiger partial charge is 0.342 e. The number of benzene rings is 2. The van der Waals surface area contributed by atoms with Crippen LogP contribution in [-0.2, 0) is 20.7 Å². The van der Waals surface area contributed by atoms with Crippen molar-refractivity contribution < 1.29 is 33.3 Å². The summed E-state index contributed by atoms with van der Waals surface area (Å²) >= 11 is 0. The Hall–Kier alpha value is -3.55. The Labute approximate surface area is 212 Å². The first kappa shape index (κ1) is 27.0. The highest BCUT2D eigenvalue weighted by molar-refractivity contribution is 5.95. The standard InChI is InChI=1S/C28H35NO7/c1-19-8-7-11-22(30)10-6-4-5-9-20-16-24(34-3)17-25(27(20)28(32)36-19)35-18-26(31)29-21-12-14-23(33-2)15-13-21/h12-17,19H,4-11,18H2,1-3H3,(H,29,31). The first-order chi connectivity index (χ1) is 17.4. The average Bonchev–Trinajstić information content (AvgIpc) is 2.86. The van der Waals surface area contributed by atoms with Gasteiger partial charge in [-0.15, -0.1) is 0 Å². The molecule has 36 heavy (non-hydrogen) atoms. The minimum atomic E-state index is -0.505. The van der Waals surface area contributed by atoms with E-state index in [0.29, 0.717) is 54.9 Å². The fourth-order valence-corrected chi connectivity index (χ4v) is 4.15. The van der Waals surface area contributed by atoms with Gasteiger partial charge in [0.1, 0.15) is 28.6 Å². The quantitative estimate of drug-likeness (QED) is 0.553. The molecule has 0 radical (unpaired) electrons. The summed E-state index contributed by atoms with van der Waals surface area (Å²) in [6.07, 6.45) is 5.10. The average molecular weight is 498 g/mol. The normalized spacial score (nSPS) is 17.2. The number of fused-ring (bicyclic) bond motifs is 1. The van der Waals surface area contributed by atoms with E-state index in [-0.39, 0.29) is 30.2 Å². The second-order valence-electron chi connectivity index (χ2n) is 8.93. The maximum Gasteiger partial charge on any atom is 0.342 e. The monoisotopic (exact) mass is 497 g/mol. The van der Waals surface area contributed by atoms with Gasteiger partial charge in [0.15, 0.2) is 6.61 Å². The molecule has 0 spiro atoms. The number of hydrogen-bond acceptors (Lipinski definition) is 7. The molecule has 1 aliphatic rings. The van der Waals surface area contributed by atoms with Crippen molar-refractivity contribution in [1.82, 2.24) is 0 Å². The molecule has 1 N–H and O–H groups in total. The summed E-state index contributed by atoms with van der Waals surface area (Å²) in [6.45, 7) is 1.52. The van der Waals surface area contributed by atoms with Crippen LogP contribution in [-0.4, -0.2) is 44.6 Å². The van der Waals surface area contributed by atoms with Gasteiger partial charge in [0.25, 0.3) is 5.91 Å². The van der Waals surface area contributed by atoms with Crippen LogP contribution in [0.15, 0.2) is 36.4 Å². The molecule has 194 valence electrons. The zero-order valence-electron chi connectivity index (χ0n) is 21.3. The minimum Gasteiger partial charge on any atom is -0.497 e. The van der Waals surface area contributed by atoms with Crippen LogP contribution in [0, 0.1) is 0 Å². The van der Waals surface area contributed by atoms with Crippen LogP contribution in [0.3, 0.4) is 0 Å². The number of amides is 1. The van der Waals surface area contributed by atoms with Crippen LogP contribution in [0.5, 0.6) is 17.2 Å². The maximum atomic E-state index is 13.2. The van der Waals surface area contributed by atoms with E-state index in [2.05, 4.69) is 5.32 Å². The predicted molar refractivity (Wildman–Crippen MR) is 136 cm³/mol. The van der Waals surface area contributed by atoms with E-state index in [1.54, 1.807) is 37.4 Å². The van der Waals surface area contributed by atoms with Crippen molar-refractivity contribution >= 4 is 23.3 Å². The van der Waals surface area contributed by atoms with Crippen molar-refractivity contribution in [3.05, 3.63) is 47.5 Å². The molecule has 0 bridgehead atoms. The molecule has 1 heterocycles. The topological polar surface area (TPSA) is 100 Å². The van der Waals surface area contributed by atoms with Gasteiger partial charge in [-0.3, -0.25) is 9.59 Å². The number of ether oxygens (including phenoxy) is 4. The number of carbonyl (C=O) groups is 3. The molecule has 1 amide bonds. The highest BCUT2D eigenvalue weighted by Gasteiger charge is 2.24. The second kappa shape index (κ2) is 13.5. The van der Waals surface area contributed by atoms with Gasteiger partial charge in [0.2, 0.25) is 0 Å². The van der Waals surface area contributed by atoms with Gasteiger partial charge in [-0.2, -0.15) is 0 Å². The molecule has 0 saturated carbocycles. The molecule has 1 atom stereocenters. The molecule has 0 aliphatic carbocycles. The number of cyclic esters (lactones) is 1. The Bertz CT molecular complexity index is 1050. The number of esters is 1. The molecule has 1 unspecified atom stereocenters. The summed E-state index contributed by atoms with van der Waals surface area (Å²) in [4.78, 5) is 37.8. The summed E-state index contributed by atoms with van der Waals surface area (Å²) in [6, 6.07) is 10.4. The lowest BCUT2D eigenvalue weighted by Gasteiger charge is -2.19. The highest BCUT2D eigenvalue weighted by Crippen LogP contribution is 2.32. The van der Waals surface area contributed by atoms with Gasteiger partial charge in [-0.25, -0.2) is 4.79 Å². The summed E-state index contributed by atoms with van der Waals surface area (Å²) in [7, 11) is 3.11. The predicted octanol–water partition coefficient (Wildman–Crippen LogP) is 5.12. The van der Waals surface area contributed by atoms with E-state index in [4.69, 9.17) is 18.9 Å². The van der Waals surface area contributed by atoms with E-state index in [1.807, 2.05) is 13.0 Å². The first-order valence-corrected chi connectivity index (χ1v) is 12.4. The van der Waals surface area contributed by atoms with E-state index in [1.165, 1.54) is 7.11 Å². The zero-order chi connectivity index (χ0) is 25.9. The summed E-state index contributed by atoms with van der Waals surface area (Å²) in [5.41, 5.74) is 1.65. The number of aryl methyl sites for hydroxylation is 1. The Morgan fingerprint density at radius 3 is 2.36 bits per heavy atom. The molecule has 1 aliphatic heterocycles. The minimum absolute atomic E-state index is 0.244. The first-order valence-electron chi connectivity index (χ1n) is 12.4. The van der Waals surface area contributed by atoms with Crippen molar-refractivity contribution in [3.63, 3.8) is 0 Å². The van der Waals surface area contributed by atoms with Crippen molar-refractivity contribution in [3.8, 4) is 17.2 Å². The molecule has 2 aromatic carbocycles. The lowest BCUT2D eigenvalue weighted by molar-refractivity contribution is -0.119. The molecule has 2 aromatic rings. The zero-order valence-corrected chi connectivity index (χ0v) is 21.3. The number of carbonyl (C=O) groups excluding carboxylic acids is 3. The maximum absolute atomic E-state index is 13.2. The lowest BCUT2D eigenvalue weighted by Crippen LogP contribution is -2.22. The third-order valence-corrected chi connectivity index (χ3v) is 6.11. The molecule has 8 nitrogen and oxygen atoms in total. The van der Waals surface area contributed by atoms with Crippen LogP contribution in [0.4, 0.5) is 5.69 Å². The van der Waals surface area contributed by atoms with Crippen LogP contribution >= 0.6 is 0 Å². The lowest BCUT2D eigenvalue weighted by atomic mass is 9.98. The van der Waals surface area contributed by atoms with Gasteiger partial charge < -0.3 is 24.3 Å². The number of anilines is 1.